The Morgan fingerprint density at radius 3 is 2.19 bits per heavy atom. The summed E-state index contributed by atoms with van der Waals surface area (Å²) >= 11 is 1.97. The van der Waals surface area contributed by atoms with Gasteiger partial charge in [-0.2, -0.15) is 11.8 Å². The number of nitrogens with zero attached hydrogens (tertiary/aromatic N) is 1. The molecule has 0 saturated carbocycles. The van der Waals surface area contributed by atoms with Gasteiger partial charge < -0.3 is 10.2 Å². The van der Waals surface area contributed by atoms with E-state index in [1.54, 1.807) is 13.8 Å². The Hall–Kier alpha value is -0.550. The van der Waals surface area contributed by atoms with Crippen LogP contribution in [0.2, 0.25) is 0 Å². The second kappa shape index (κ2) is 11.1. The molecule has 0 heterocycles. The molecule has 3 nitrogen and oxygen atoms in total. The molecule has 0 aliphatic rings. The summed E-state index contributed by atoms with van der Waals surface area (Å²) in [4.78, 5) is 2.15. The van der Waals surface area contributed by atoms with Crippen molar-refractivity contribution < 1.29 is 10.2 Å². The number of unbranched alkanes of at least 4 members (excludes halogenated alkanes) is 1. The van der Waals surface area contributed by atoms with Crippen molar-refractivity contribution in [2.75, 3.05) is 25.4 Å². The topological polar surface area (TPSA) is 43.7 Å². The Bertz CT molecular complexity index is 347. The first-order chi connectivity index (χ1) is 10.1. The number of hydrogen-bond donors (Lipinski definition) is 2. The minimum atomic E-state index is -0.337. The van der Waals surface area contributed by atoms with Crippen LogP contribution in [0.5, 0.6) is 0 Å². The first-order valence-corrected chi connectivity index (χ1v) is 8.93. The number of thioether (sulfide) groups is 1. The van der Waals surface area contributed by atoms with Crippen LogP contribution in [0.3, 0.4) is 0 Å². The molecular weight excluding hydrogens is 282 g/mol. The fourth-order valence-corrected chi connectivity index (χ4v) is 3.29. The lowest BCUT2D eigenvalue weighted by Gasteiger charge is -2.24. The molecule has 0 radical (unpaired) electrons. The fourth-order valence-electron chi connectivity index (χ4n) is 2.31. The highest BCUT2D eigenvalue weighted by Gasteiger charge is 2.10. The van der Waals surface area contributed by atoms with E-state index in [-0.39, 0.29) is 12.2 Å². The molecule has 0 bridgehead atoms. The van der Waals surface area contributed by atoms with Crippen LogP contribution in [-0.4, -0.2) is 52.7 Å². The Morgan fingerprint density at radius 1 is 1.00 bits per heavy atom. The lowest BCUT2D eigenvalue weighted by Crippen LogP contribution is -2.37. The van der Waals surface area contributed by atoms with Gasteiger partial charge in [0.25, 0.3) is 0 Å². The van der Waals surface area contributed by atoms with E-state index in [0.29, 0.717) is 13.1 Å². The first-order valence-electron chi connectivity index (χ1n) is 7.78. The van der Waals surface area contributed by atoms with E-state index >= 15 is 0 Å². The minimum Gasteiger partial charge on any atom is -0.392 e. The molecular formula is C17H29NO2S. The van der Waals surface area contributed by atoms with Crippen molar-refractivity contribution in [1.82, 2.24) is 4.90 Å². The number of rotatable bonds is 11. The van der Waals surface area contributed by atoms with Crippen LogP contribution in [0.4, 0.5) is 0 Å². The van der Waals surface area contributed by atoms with Crippen molar-refractivity contribution in [3.8, 4) is 0 Å². The highest BCUT2D eigenvalue weighted by molar-refractivity contribution is 7.98. The van der Waals surface area contributed by atoms with Crippen LogP contribution in [0, 0.1) is 0 Å². The van der Waals surface area contributed by atoms with Crippen molar-refractivity contribution in [2.24, 2.45) is 0 Å². The monoisotopic (exact) mass is 311 g/mol. The molecule has 0 aliphatic carbocycles. The number of benzene rings is 1. The van der Waals surface area contributed by atoms with Crippen molar-refractivity contribution in [1.29, 1.82) is 0 Å². The summed E-state index contributed by atoms with van der Waals surface area (Å²) in [5.74, 6) is 2.23. The highest BCUT2D eigenvalue weighted by atomic mass is 32.2. The molecule has 120 valence electrons. The zero-order chi connectivity index (χ0) is 15.5. The van der Waals surface area contributed by atoms with E-state index in [9.17, 15) is 10.2 Å². The van der Waals surface area contributed by atoms with Gasteiger partial charge in [-0.3, -0.25) is 4.90 Å². The molecule has 4 heteroatoms. The predicted octanol–water partition coefficient (Wildman–Crippen LogP) is 2.76. The molecule has 1 rings (SSSR count). The summed E-state index contributed by atoms with van der Waals surface area (Å²) in [7, 11) is 0. The number of hydrogen-bond acceptors (Lipinski definition) is 4. The quantitative estimate of drug-likeness (QED) is 0.617. The minimum absolute atomic E-state index is 0.337. The predicted molar refractivity (Wildman–Crippen MR) is 91.6 cm³/mol. The molecule has 0 saturated heterocycles. The van der Waals surface area contributed by atoms with Gasteiger partial charge in [-0.1, -0.05) is 30.3 Å². The summed E-state index contributed by atoms with van der Waals surface area (Å²) in [6.45, 7) is 5.82. The Kier molecular flexibility index (Phi) is 9.76. The smallest absolute Gasteiger partial charge is 0.0639 e. The van der Waals surface area contributed by atoms with Gasteiger partial charge in [0.05, 0.1) is 12.2 Å². The van der Waals surface area contributed by atoms with Crippen LogP contribution in [0.25, 0.3) is 0 Å². The normalized spacial score (nSPS) is 14.3. The van der Waals surface area contributed by atoms with Gasteiger partial charge in [0.15, 0.2) is 0 Å². The van der Waals surface area contributed by atoms with Gasteiger partial charge in [-0.05, 0) is 44.6 Å². The van der Waals surface area contributed by atoms with E-state index in [4.69, 9.17) is 0 Å². The average molecular weight is 311 g/mol. The molecule has 2 atom stereocenters. The highest BCUT2D eigenvalue weighted by Crippen LogP contribution is 2.13. The molecule has 0 aromatic heterocycles. The third-order valence-electron chi connectivity index (χ3n) is 3.17. The standard InChI is InChI=1S/C17H29NO2S/c1-15(19)12-18(13-16(2)20)10-6-7-11-21-14-17-8-4-3-5-9-17/h3-5,8-9,15-16,19-20H,6-7,10-14H2,1-2H3. The third kappa shape index (κ3) is 9.91. The van der Waals surface area contributed by atoms with Crippen LogP contribution < -0.4 is 0 Å². The molecule has 2 N–H and O–H groups in total. The zero-order valence-corrected chi connectivity index (χ0v) is 14.1. The fraction of sp³-hybridized carbons (Fsp3) is 0.647. The van der Waals surface area contributed by atoms with E-state index in [1.807, 2.05) is 17.8 Å². The molecule has 0 fully saturated rings. The van der Waals surface area contributed by atoms with Crippen LogP contribution >= 0.6 is 11.8 Å². The molecule has 2 unspecified atom stereocenters. The maximum Gasteiger partial charge on any atom is 0.0639 e. The number of aliphatic hydroxyl groups excluding tert-OH is 2. The average Bonchev–Trinajstić information content (AvgIpc) is 2.42. The largest absolute Gasteiger partial charge is 0.392 e. The Morgan fingerprint density at radius 2 is 1.62 bits per heavy atom. The van der Waals surface area contributed by atoms with E-state index in [0.717, 1.165) is 24.5 Å². The first kappa shape index (κ1) is 18.5. The summed E-state index contributed by atoms with van der Waals surface area (Å²) in [5, 5.41) is 19.0. The summed E-state index contributed by atoms with van der Waals surface area (Å²) in [6.07, 6.45) is 1.61. The van der Waals surface area contributed by atoms with Crippen LogP contribution in [0.15, 0.2) is 30.3 Å². The van der Waals surface area contributed by atoms with Gasteiger partial charge in [-0.25, -0.2) is 0 Å². The lowest BCUT2D eigenvalue weighted by molar-refractivity contribution is 0.0829. The molecule has 21 heavy (non-hydrogen) atoms. The Labute approximate surface area is 133 Å². The second-order valence-corrected chi connectivity index (χ2v) is 6.81. The van der Waals surface area contributed by atoms with Crippen molar-refractivity contribution >= 4 is 11.8 Å². The Balaban J connectivity index is 2.10. The molecule has 0 aliphatic heterocycles. The van der Waals surface area contributed by atoms with E-state index < -0.39 is 0 Å². The van der Waals surface area contributed by atoms with Gasteiger partial charge in [0.1, 0.15) is 0 Å². The van der Waals surface area contributed by atoms with Gasteiger partial charge in [0, 0.05) is 18.8 Å². The van der Waals surface area contributed by atoms with Crippen molar-refractivity contribution in [2.45, 2.75) is 44.6 Å². The summed E-state index contributed by atoms with van der Waals surface area (Å²) in [6, 6.07) is 10.5. The second-order valence-electron chi connectivity index (χ2n) is 5.70. The molecule has 0 amide bonds. The van der Waals surface area contributed by atoms with Gasteiger partial charge in [-0.15, -0.1) is 0 Å². The van der Waals surface area contributed by atoms with Crippen molar-refractivity contribution in [3.05, 3.63) is 35.9 Å². The molecule has 0 spiro atoms. The van der Waals surface area contributed by atoms with Gasteiger partial charge >= 0.3 is 0 Å². The maximum atomic E-state index is 9.48. The van der Waals surface area contributed by atoms with Crippen LogP contribution in [0.1, 0.15) is 32.3 Å². The maximum absolute atomic E-state index is 9.48. The van der Waals surface area contributed by atoms with E-state index in [1.165, 1.54) is 12.0 Å². The third-order valence-corrected chi connectivity index (χ3v) is 4.28. The summed E-state index contributed by atoms with van der Waals surface area (Å²) < 4.78 is 0. The molecule has 1 aromatic carbocycles. The van der Waals surface area contributed by atoms with Crippen LogP contribution in [-0.2, 0) is 5.75 Å². The SMILES string of the molecule is CC(O)CN(CCCCSCc1ccccc1)CC(C)O. The lowest BCUT2D eigenvalue weighted by atomic mass is 10.2. The number of aliphatic hydroxyl groups is 2. The van der Waals surface area contributed by atoms with E-state index in [2.05, 4.69) is 29.2 Å². The zero-order valence-electron chi connectivity index (χ0n) is 13.2. The summed E-state index contributed by atoms with van der Waals surface area (Å²) in [5.41, 5.74) is 1.38. The molecule has 1 aromatic rings. The van der Waals surface area contributed by atoms with Gasteiger partial charge in [0.2, 0.25) is 0 Å². The van der Waals surface area contributed by atoms with Crippen molar-refractivity contribution in [3.63, 3.8) is 0 Å².